The maximum absolute atomic E-state index is 10.9. The summed E-state index contributed by atoms with van der Waals surface area (Å²) in [7, 11) is 0. The zero-order valence-electron chi connectivity index (χ0n) is 9.29. The van der Waals surface area contributed by atoms with E-state index < -0.39 is 24.0 Å². The van der Waals surface area contributed by atoms with Crippen molar-refractivity contribution in [3.8, 4) is 11.3 Å². The summed E-state index contributed by atoms with van der Waals surface area (Å²) in [5, 5.41) is 0. The van der Waals surface area contributed by atoms with Crippen molar-refractivity contribution in [3.05, 3.63) is 48.7 Å². The van der Waals surface area contributed by atoms with Crippen molar-refractivity contribution >= 4 is 33.2 Å². The number of hydrogen-bond acceptors (Lipinski definition) is 3. The van der Waals surface area contributed by atoms with Crippen molar-refractivity contribution in [2.45, 2.75) is 6.92 Å². The van der Waals surface area contributed by atoms with Crippen molar-refractivity contribution in [2.75, 3.05) is 0 Å². The molecule has 3 nitrogen and oxygen atoms in total. The molecule has 2 aromatic rings. The summed E-state index contributed by atoms with van der Waals surface area (Å²) >= 11 is -1.28. The van der Waals surface area contributed by atoms with Crippen LogP contribution in [0.2, 0.25) is 0 Å². The molecule has 0 aliphatic heterocycles. The van der Waals surface area contributed by atoms with E-state index >= 15 is 0 Å². The van der Waals surface area contributed by atoms with Crippen LogP contribution >= 0.6 is 0 Å². The van der Waals surface area contributed by atoms with Gasteiger partial charge >= 0.3 is 113 Å². The van der Waals surface area contributed by atoms with Crippen molar-refractivity contribution in [3.63, 3.8) is 0 Å². The summed E-state index contributed by atoms with van der Waals surface area (Å²) in [5.74, 6) is -0.203. The third kappa shape index (κ3) is 3.34. The third-order valence-electron chi connectivity index (χ3n) is 2.08. The van der Waals surface area contributed by atoms with E-state index in [4.69, 9.17) is 2.77 Å². The summed E-state index contributed by atoms with van der Waals surface area (Å²) in [6, 6.07) is 13.8. The van der Waals surface area contributed by atoms with Crippen LogP contribution in [0.5, 0.6) is 0 Å². The predicted octanol–water partition coefficient (Wildman–Crippen LogP) is 1.56. The Morgan fingerprint density at radius 1 is 1.18 bits per heavy atom. The van der Waals surface area contributed by atoms with Crippen molar-refractivity contribution < 1.29 is 7.57 Å². The topological polar surface area (TPSA) is 39.2 Å². The second-order valence-electron chi connectivity index (χ2n) is 3.37. The van der Waals surface area contributed by atoms with Crippen LogP contribution < -0.4 is 3.22 Å². The molecule has 0 saturated carbocycles. The van der Waals surface area contributed by atoms with Gasteiger partial charge in [0.1, 0.15) is 0 Å². The Morgan fingerprint density at radius 3 is 2.65 bits per heavy atom. The van der Waals surface area contributed by atoms with Crippen molar-refractivity contribution in [1.29, 1.82) is 0 Å². The standard InChI is InChI=1S/C11H8N.C2H4O2.Po/c1-2-6-10(7-3-1)11-8-4-5-9-12-11;1-2(3)4;/h1-6,8-9H;1H3,(H,3,4);/q;;+1/p-1. The van der Waals surface area contributed by atoms with Crippen LogP contribution in [0, 0.1) is 0 Å². The summed E-state index contributed by atoms with van der Waals surface area (Å²) in [6.07, 6.45) is 1.77. The SMILES string of the molecule is CC(=O)[O][Po][c]1ccccc1-c1ccccn1. The Hall–Kier alpha value is -1.26. The Labute approximate surface area is 112 Å². The molecule has 0 aliphatic carbocycles. The first kappa shape index (κ1) is 12.2. The summed E-state index contributed by atoms with van der Waals surface area (Å²) in [6.45, 7) is 1.45. The van der Waals surface area contributed by atoms with Gasteiger partial charge in [-0.25, -0.2) is 0 Å². The van der Waals surface area contributed by atoms with Crippen molar-refractivity contribution in [2.24, 2.45) is 0 Å². The number of pyridine rings is 1. The van der Waals surface area contributed by atoms with Gasteiger partial charge in [-0.15, -0.1) is 0 Å². The first-order valence-corrected chi connectivity index (χ1v) is 8.01. The van der Waals surface area contributed by atoms with Crippen molar-refractivity contribution in [1.82, 2.24) is 4.98 Å². The summed E-state index contributed by atoms with van der Waals surface area (Å²) in [4.78, 5) is 15.2. The number of aromatic nitrogens is 1. The molecule has 0 fully saturated rings. The molecule has 1 aromatic carbocycles. The second kappa shape index (κ2) is 5.88. The van der Waals surface area contributed by atoms with Gasteiger partial charge in [-0.3, -0.25) is 0 Å². The Morgan fingerprint density at radius 2 is 1.94 bits per heavy atom. The molecule has 0 atom stereocenters. The molecule has 0 N–H and O–H groups in total. The monoisotopic (exact) mass is 422 g/mol. The maximum atomic E-state index is 10.9. The average Bonchev–Trinajstić information content (AvgIpc) is 2.38. The molecule has 0 radical (unpaired) electrons. The van der Waals surface area contributed by atoms with Crippen LogP contribution in [0.1, 0.15) is 6.92 Å². The normalized spacial score (nSPS) is 9.94. The van der Waals surface area contributed by atoms with Gasteiger partial charge in [0.15, 0.2) is 0 Å². The van der Waals surface area contributed by atoms with Gasteiger partial charge in [0, 0.05) is 0 Å². The van der Waals surface area contributed by atoms with Gasteiger partial charge in [-0.2, -0.15) is 0 Å². The van der Waals surface area contributed by atoms with E-state index in [-0.39, 0.29) is 5.97 Å². The van der Waals surface area contributed by atoms with E-state index in [9.17, 15) is 4.79 Å². The molecule has 17 heavy (non-hydrogen) atoms. The number of carbonyl (C=O) groups is 1. The van der Waals surface area contributed by atoms with E-state index in [0.717, 1.165) is 14.5 Å². The van der Waals surface area contributed by atoms with Gasteiger partial charge in [-0.1, -0.05) is 0 Å². The molecule has 0 amide bonds. The fraction of sp³-hybridized carbons (Fsp3) is 0.0769. The average molecular weight is 422 g/mol. The Bertz CT molecular complexity index is 514. The molecule has 0 bridgehead atoms. The molecular weight excluding hydrogens is 411 g/mol. The molecular formula is C13H11NO2Po. The quantitative estimate of drug-likeness (QED) is 0.754. The number of carbonyl (C=O) groups excluding carboxylic acids is 1. The van der Waals surface area contributed by atoms with Gasteiger partial charge in [0.05, 0.1) is 0 Å². The first-order valence-electron chi connectivity index (χ1n) is 5.13. The number of hydrogen-bond donors (Lipinski definition) is 0. The van der Waals surface area contributed by atoms with Gasteiger partial charge in [-0.05, 0) is 0 Å². The molecule has 0 unspecified atom stereocenters. The van der Waals surface area contributed by atoms with Crippen LogP contribution in [-0.4, -0.2) is 35.0 Å². The fourth-order valence-electron chi connectivity index (χ4n) is 1.38. The third-order valence-corrected chi connectivity index (χ3v) is 5.40. The zero-order chi connectivity index (χ0) is 12.1. The minimum atomic E-state index is -1.28. The molecule has 0 saturated heterocycles. The second-order valence-corrected chi connectivity index (χ2v) is 6.38. The van der Waals surface area contributed by atoms with Gasteiger partial charge < -0.3 is 0 Å². The Kier molecular flexibility index (Phi) is 4.22. The molecule has 0 spiro atoms. The Balaban J connectivity index is 2.31. The summed E-state index contributed by atoms with van der Waals surface area (Å²) < 4.78 is 6.32. The molecule has 86 valence electrons. The molecule has 2 rings (SSSR count). The van der Waals surface area contributed by atoms with Gasteiger partial charge in [0.25, 0.3) is 0 Å². The van der Waals surface area contributed by atoms with E-state index in [2.05, 4.69) is 4.98 Å². The fourth-order valence-corrected chi connectivity index (χ4v) is 3.72. The summed E-state index contributed by atoms with van der Waals surface area (Å²) in [5.41, 5.74) is 2.00. The number of nitrogens with zero attached hydrogens (tertiary/aromatic N) is 1. The van der Waals surface area contributed by atoms with Crippen LogP contribution in [0.3, 0.4) is 0 Å². The van der Waals surface area contributed by atoms with E-state index in [1.807, 2.05) is 42.5 Å². The van der Waals surface area contributed by atoms with E-state index in [0.29, 0.717) is 0 Å². The van der Waals surface area contributed by atoms with Crippen LogP contribution in [0.15, 0.2) is 48.7 Å². The van der Waals surface area contributed by atoms with E-state index in [1.54, 1.807) is 6.20 Å². The minimum absolute atomic E-state index is 0.203. The molecule has 1 aromatic heterocycles. The number of rotatable bonds is 3. The first-order chi connectivity index (χ1) is 8.27. The van der Waals surface area contributed by atoms with Crippen LogP contribution in [0.4, 0.5) is 0 Å². The molecule has 4 heteroatoms. The van der Waals surface area contributed by atoms with Crippen LogP contribution in [-0.2, 0) is 7.57 Å². The molecule has 1 heterocycles. The predicted molar refractivity (Wildman–Crippen MR) is 66.8 cm³/mol. The molecule has 0 aliphatic rings. The van der Waals surface area contributed by atoms with Gasteiger partial charge in [0.2, 0.25) is 0 Å². The van der Waals surface area contributed by atoms with E-state index in [1.165, 1.54) is 6.92 Å². The number of benzene rings is 1. The zero-order valence-corrected chi connectivity index (χ0v) is 12.5. The van der Waals surface area contributed by atoms with Crippen LogP contribution in [0.25, 0.3) is 11.3 Å².